The number of aliphatic carboxylic acids is 1. The van der Waals surface area contributed by atoms with Gasteiger partial charge in [-0.3, -0.25) is 19.8 Å². The van der Waals surface area contributed by atoms with E-state index in [1.807, 2.05) is 6.07 Å². The average molecular weight is 475 g/mol. The molecule has 10 heteroatoms. The number of hydrogen-bond donors (Lipinski definition) is 1. The van der Waals surface area contributed by atoms with Gasteiger partial charge in [0.1, 0.15) is 10.4 Å². The number of amides is 1. The number of rotatable bonds is 7. The number of benzene rings is 2. The fourth-order valence-electron chi connectivity index (χ4n) is 2.89. The molecule has 0 saturated carbocycles. The molecule has 0 spiro atoms. The highest BCUT2D eigenvalue weighted by Gasteiger charge is 2.40. The van der Waals surface area contributed by atoms with Crippen LogP contribution in [0.15, 0.2) is 70.6 Å². The van der Waals surface area contributed by atoms with Crippen LogP contribution in [0.1, 0.15) is 11.1 Å². The van der Waals surface area contributed by atoms with Crippen LogP contribution in [-0.2, 0) is 16.0 Å². The van der Waals surface area contributed by atoms with Gasteiger partial charge in [0.2, 0.25) is 0 Å². The van der Waals surface area contributed by atoms with Crippen molar-refractivity contribution in [2.75, 3.05) is 0 Å². The zero-order chi connectivity index (χ0) is 22.5. The Morgan fingerprint density at radius 3 is 2.45 bits per heavy atom. The van der Waals surface area contributed by atoms with E-state index in [0.717, 1.165) is 22.2 Å². The summed E-state index contributed by atoms with van der Waals surface area (Å²) in [6.45, 7) is 0. The summed E-state index contributed by atoms with van der Waals surface area (Å²) in [4.78, 5) is 36.3. The number of thioether (sulfide) groups is 1. The predicted molar refractivity (Wildman–Crippen MR) is 124 cm³/mol. The molecule has 0 bridgehead atoms. The first-order valence-electron chi connectivity index (χ1n) is 8.91. The van der Waals surface area contributed by atoms with Gasteiger partial charge in [-0.1, -0.05) is 65.9 Å². The lowest BCUT2D eigenvalue weighted by molar-refractivity contribution is -0.384. The van der Waals surface area contributed by atoms with E-state index in [1.54, 1.807) is 24.3 Å². The molecule has 7 nitrogen and oxygen atoms in total. The number of non-ortho nitro benzene ring substituents is 1. The van der Waals surface area contributed by atoms with Crippen LogP contribution in [0.25, 0.3) is 6.08 Å². The Labute approximate surface area is 192 Å². The molecule has 31 heavy (non-hydrogen) atoms. The van der Waals surface area contributed by atoms with Crippen LogP contribution in [0.4, 0.5) is 5.69 Å². The second-order valence-electron chi connectivity index (χ2n) is 6.47. The van der Waals surface area contributed by atoms with Crippen LogP contribution in [0.3, 0.4) is 0 Å². The van der Waals surface area contributed by atoms with Gasteiger partial charge in [0.05, 0.1) is 9.83 Å². The van der Waals surface area contributed by atoms with Crippen molar-refractivity contribution in [2.24, 2.45) is 0 Å². The number of hydrogen-bond acceptors (Lipinski definition) is 6. The Kier molecular flexibility index (Phi) is 7.21. The van der Waals surface area contributed by atoms with Gasteiger partial charge in [-0.2, -0.15) is 0 Å². The summed E-state index contributed by atoms with van der Waals surface area (Å²) in [5.41, 5.74) is 1.33. The number of carbonyl (C=O) groups excluding carboxylic acids is 1. The monoisotopic (exact) mass is 474 g/mol. The maximum Gasteiger partial charge on any atom is 0.327 e. The molecule has 1 fully saturated rings. The summed E-state index contributed by atoms with van der Waals surface area (Å²) in [6.07, 6.45) is 3.06. The topological polar surface area (TPSA) is 101 Å². The third-order valence-corrected chi connectivity index (χ3v) is 5.92. The second-order valence-corrected chi connectivity index (χ2v) is 8.59. The molecule has 1 saturated heterocycles. The van der Waals surface area contributed by atoms with E-state index in [2.05, 4.69) is 0 Å². The first-order valence-corrected chi connectivity index (χ1v) is 10.5. The lowest BCUT2D eigenvalue weighted by Crippen LogP contribution is -2.45. The van der Waals surface area contributed by atoms with Gasteiger partial charge in [-0.15, -0.1) is 0 Å². The lowest BCUT2D eigenvalue weighted by Gasteiger charge is -2.23. The Bertz CT molecular complexity index is 1100. The summed E-state index contributed by atoms with van der Waals surface area (Å²) in [7, 11) is 0. The molecule has 1 N–H and O–H groups in total. The van der Waals surface area contributed by atoms with Gasteiger partial charge >= 0.3 is 5.97 Å². The highest BCUT2D eigenvalue weighted by atomic mass is 35.5. The minimum Gasteiger partial charge on any atom is -0.480 e. The number of carboxylic acid groups (broad SMARTS) is 1. The molecule has 1 aliphatic heterocycles. The van der Waals surface area contributed by atoms with Crippen molar-refractivity contribution < 1.29 is 19.6 Å². The minimum absolute atomic E-state index is 0.0488. The van der Waals surface area contributed by atoms with Gasteiger partial charge in [-0.25, -0.2) is 4.79 Å². The Morgan fingerprint density at radius 2 is 1.87 bits per heavy atom. The summed E-state index contributed by atoms with van der Waals surface area (Å²) in [5.74, 6) is -1.69. The third-order valence-electron chi connectivity index (χ3n) is 4.37. The maximum atomic E-state index is 12.9. The molecule has 2 aromatic rings. The number of nitrogens with zero attached hydrogens (tertiary/aromatic N) is 2. The van der Waals surface area contributed by atoms with E-state index >= 15 is 0 Å². The summed E-state index contributed by atoms with van der Waals surface area (Å²) in [6, 6.07) is 13.6. The average Bonchev–Trinajstić information content (AvgIpc) is 3.00. The van der Waals surface area contributed by atoms with Gasteiger partial charge < -0.3 is 5.11 Å². The lowest BCUT2D eigenvalue weighted by atomic mass is 10.0. The first-order chi connectivity index (χ1) is 14.8. The molecular formula is C21H15ClN2O5S2. The van der Waals surface area contributed by atoms with Crippen LogP contribution >= 0.6 is 35.6 Å². The number of allylic oxidation sites excluding steroid dienone is 2. The van der Waals surface area contributed by atoms with E-state index in [1.165, 1.54) is 36.4 Å². The molecule has 1 atom stereocenters. The SMILES string of the molecule is O=C(O)C(Cc1ccccc1)N1C(=O)/C(=C/C(Cl)=C/c2ccc([N+](=O)[O-])cc2)SC1=S. The fourth-order valence-corrected chi connectivity index (χ4v) is 4.54. The number of carboxylic acids is 1. The smallest absolute Gasteiger partial charge is 0.327 e. The molecular weight excluding hydrogens is 460 g/mol. The number of nitro benzene ring substituents is 1. The number of thiocarbonyl (C=S) groups is 1. The van der Waals surface area contributed by atoms with Gasteiger partial charge in [0.25, 0.3) is 11.6 Å². The van der Waals surface area contributed by atoms with Gasteiger partial charge in [0.15, 0.2) is 0 Å². The fraction of sp³-hybridized carbons (Fsp3) is 0.0952. The van der Waals surface area contributed by atoms with Gasteiger partial charge in [0, 0.05) is 23.6 Å². The Hall–Kier alpha value is -3.01. The largest absolute Gasteiger partial charge is 0.480 e. The predicted octanol–water partition coefficient (Wildman–Crippen LogP) is 4.61. The van der Waals surface area contributed by atoms with E-state index in [4.69, 9.17) is 23.8 Å². The summed E-state index contributed by atoms with van der Waals surface area (Å²) in [5, 5.41) is 20.6. The van der Waals surface area contributed by atoms with Crippen molar-refractivity contribution in [1.82, 2.24) is 4.90 Å². The van der Waals surface area contributed by atoms with E-state index in [0.29, 0.717) is 5.56 Å². The minimum atomic E-state index is -1.16. The van der Waals surface area contributed by atoms with Gasteiger partial charge in [-0.05, 0) is 35.4 Å². The third kappa shape index (κ3) is 5.57. The van der Waals surface area contributed by atoms with Crippen LogP contribution < -0.4 is 0 Å². The first kappa shape index (κ1) is 22.7. The zero-order valence-corrected chi connectivity index (χ0v) is 18.2. The molecule has 3 rings (SSSR count). The van der Waals surface area contributed by atoms with Crippen molar-refractivity contribution >= 4 is 63.5 Å². The van der Waals surface area contributed by atoms with Crippen LogP contribution in [0.5, 0.6) is 0 Å². The van der Waals surface area contributed by atoms with Crippen molar-refractivity contribution in [1.29, 1.82) is 0 Å². The van der Waals surface area contributed by atoms with E-state index in [-0.39, 0.29) is 26.4 Å². The molecule has 0 aliphatic carbocycles. The molecule has 0 aromatic heterocycles. The molecule has 1 heterocycles. The number of carbonyl (C=O) groups is 2. The second kappa shape index (κ2) is 9.86. The Morgan fingerprint density at radius 1 is 1.23 bits per heavy atom. The molecule has 158 valence electrons. The highest BCUT2D eigenvalue weighted by Crippen LogP contribution is 2.35. The Balaban J connectivity index is 1.81. The van der Waals surface area contributed by atoms with Crippen molar-refractivity contribution in [2.45, 2.75) is 12.5 Å². The number of nitro groups is 1. The highest BCUT2D eigenvalue weighted by molar-refractivity contribution is 8.26. The summed E-state index contributed by atoms with van der Waals surface area (Å²) >= 11 is 12.5. The molecule has 1 unspecified atom stereocenters. The van der Waals surface area contributed by atoms with E-state index < -0.39 is 22.8 Å². The van der Waals surface area contributed by atoms with Crippen molar-refractivity contribution in [3.63, 3.8) is 0 Å². The zero-order valence-electron chi connectivity index (χ0n) is 15.8. The molecule has 1 amide bonds. The van der Waals surface area contributed by atoms with Crippen LogP contribution in [-0.4, -0.2) is 37.2 Å². The van der Waals surface area contributed by atoms with E-state index in [9.17, 15) is 24.8 Å². The quantitative estimate of drug-likeness (QED) is 0.270. The normalized spacial score (nSPS) is 16.6. The van der Waals surface area contributed by atoms with Crippen molar-refractivity contribution in [3.8, 4) is 0 Å². The van der Waals surface area contributed by atoms with Crippen LogP contribution in [0, 0.1) is 10.1 Å². The van der Waals surface area contributed by atoms with Crippen molar-refractivity contribution in [3.05, 3.63) is 91.9 Å². The number of halogens is 1. The molecule has 1 aliphatic rings. The molecule has 0 radical (unpaired) electrons. The maximum absolute atomic E-state index is 12.9. The molecule has 2 aromatic carbocycles. The summed E-state index contributed by atoms with van der Waals surface area (Å²) < 4.78 is 0.138. The van der Waals surface area contributed by atoms with Crippen LogP contribution in [0.2, 0.25) is 0 Å². The standard InChI is InChI=1S/C21H15ClN2O5S2/c22-15(10-14-6-8-16(9-7-14)24(28)29)12-18-19(25)23(21(30)31-18)17(20(26)27)11-13-4-2-1-3-5-13/h1-10,12,17H,11H2,(H,26,27)/b15-10-,18-12-.